The predicted octanol–water partition coefficient (Wildman–Crippen LogP) is 4.09. The van der Waals surface area contributed by atoms with Gasteiger partial charge in [-0.25, -0.2) is 9.59 Å². The van der Waals surface area contributed by atoms with E-state index in [0.29, 0.717) is 34.9 Å². The molecule has 0 spiro atoms. The van der Waals surface area contributed by atoms with Crippen LogP contribution in [0, 0.1) is 5.41 Å². The molecule has 0 saturated carbocycles. The number of carbonyl (C=O) groups is 2. The van der Waals surface area contributed by atoms with Gasteiger partial charge in [0, 0.05) is 5.70 Å². The normalized spacial score (nSPS) is 17.9. The van der Waals surface area contributed by atoms with E-state index in [0.717, 1.165) is 6.42 Å². The Kier molecular flexibility index (Phi) is 7.16. The second-order valence-electron chi connectivity index (χ2n) is 8.24. The van der Waals surface area contributed by atoms with E-state index in [4.69, 9.17) is 14.2 Å². The summed E-state index contributed by atoms with van der Waals surface area (Å²) in [6, 6.07) is 4.34. The quantitative estimate of drug-likeness (QED) is 0.669. The van der Waals surface area contributed by atoms with Crippen LogP contribution in [0.15, 0.2) is 29.5 Å². The number of carbonyl (C=O) groups excluding carboxylic acids is 2. The van der Waals surface area contributed by atoms with Crippen molar-refractivity contribution in [1.29, 1.82) is 0 Å². The molecule has 2 amide bonds. The van der Waals surface area contributed by atoms with Crippen molar-refractivity contribution in [3.8, 4) is 11.5 Å². The molecule has 1 aliphatic heterocycles. The Bertz CT molecular complexity index is 795. The van der Waals surface area contributed by atoms with Gasteiger partial charge in [-0.2, -0.15) is 0 Å². The van der Waals surface area contributed by atoms with Crippen molar-refractivity contribution >= 4 is 12.0 Å². The Morgan fingerprint density at radius 3 is 2.52 bits per heavy atom. The standard InChI is InChI=1S/C22H32N2O5/c1-8-11-28-16-10-9-15(12-17(16)27-7)19-18(13(2)23-21(26)24-19)20(25)29-14(3)22(4,5)6/h9-10,12,14,19H,8,11H2,1-7H3,(H2,23,24,26)/t14-,19+/m0/s1. The maximum absolute atomic E-state index is 13.0. The minimum absolute atomic E-state index is 0.202. The molecule has 0 radical (unpaired) electrons. The Balaban J connectivity index is 2.39. The van der Waals surface area contributed by atoms with E-state index >= 15 is 0 Å². The van der Waals surface area contributed by atoms with Crippen LogP contribution < -0.4 is 20.1 Å². The zero-order valence-corrected chi connectivity index (χ0v) is 18.3. The van der Waals surface area contributed by atoms with Crippen molar-refractivity contribution in [3.63, 3.8) is 0 Å². The van der Waals surface area contributed by atoms with E-state index in [1.54, 1.807) is 26.2 Å². The van der Waals surface area contributed by atoms with Crippen molar-refractivity contribution in [2.75, 3.05) is 13.7 Å². The van der Waals surface area contributed by atoms with Crippen LogP contribution in [0.3, 0.4) is 0 Å². The monoisotopic (exact) mass is 404 g/mol. The maximum atomic E-state index is 13.0. The summed E-state index contributed by atoms with van der Waals surface area (Å²) >= 11 is 0. The molecule has 0 saturated heterocycles. The number of amides is 2. The number of methoxy groups -OCH3 is 1. The van der Waals surface area contributed by atoms with E-state index in [1.807, 2.05) is 40.7 Å². The smallest absolute Gasteiger partial charge is 0.338 e. The van der Waals surface area contributed by atoms with Crippen LogP contribution in [-0.2, 0) is 9.53 Å². The summed E-state index contributed by atoms with van der Waals surface area (Å²) < 4.78 is 16.8. The van der Waals surface area contributed by atoms with Crippen LogP contribution in [0.4, 0.5) is 4.79 Å². The van der Waals surface area contributed by atoms with E-state index < -0.39 is 12.0 Å². The molecule has 1 heterocycles. The summed E-state index contributed by atoms with van der Waals surface area (Å²) in [5.41, 5.74) is 1.34. The first-order valence-corrected chi connectivity index (χ1v) is 9.88. The summed E-state index contributed by atoms with van der Waals surface area (Å²) in [5, 5.41) is 5.48. The molecule has 7 nitrogen and oxygen atoms in total. The van der Waals surface area contributed by atoms with Crippen molar-refractivity contribution in [2.45, 2.75) is 60.1 Å². The van der Waals surface area contributed by atoms with Crippen LogP contribution in [-0.4, -0.2) is 31.8 Å². The van der Waals surface area contributed by atoms with Crippen molar-refractivity contribution in [3.05, 3.63) is 35.0 Å². The number of hydrogen-bond acceptors (Lipinski definition) is 5. The first-order chi connectivity index (χ1) is 13.6. The predicted molar refractivity (Wildman–Crippen MR) is 111 cm³/mol. The van der Waals surface area contributed by atoms with Gasteiger partial charge in [-0.1, -0.05) is 33.8 Å². The molecule has 0 aromatic heterocycles. The highest BCUT2D eigenvalue weighted by Crippen LogP contribution is 2.35. The molecule has 2 rings (SSSR count). The third kappa shape index (κ3) is 5.43. The van der Waals surface area contributed by atoms with Gasteiger partial charge < -0.3 is 24.8 Å². The zero-order valence-electron chi connectivity index (χ0n) is 18.3. The Hall–Kier alpha value is -2.70. The molecule has 7 heteroatoms. The van der Waals surface area contributed by atoms with Gasteiger partial charge in [0.15, 0.2) is 11.5 Å². The highest BCUT2D eigenvalue weighted by molar-refractivity contribution is 5.95. The van der Waals surface area contributed by atoms with Crippen molar-refractivity contribution in [2.24, 2.45) is 5.41 Å². The number of urea groups is 1. The largest absolute Gasteiger partial charge is 0.493 e. The first-order valence-electron chi connectivity index (χ1n) is 9.88. The molecule has 0 bridgehead atoms. The summed E-state index contributed by atoms with van der Waals surface area (Å²) in [6.07, 6.45) is 0.576. The third-order valence-corrected chi connectivity index (χ3v) is 4.98. The Morgan fingerprint density at radius 1 is 1.24 bits per heavy atom. The molecule has 0 aliphatic carbocycles. The van der Waals surface area contributed by atoms with Crippen molar-refractivity contribution in [1.82, 2.24) is 10.6 Å². The van der Waals surface area contributed by atoms with Gasteiger partial charge in [0.05, 0.1) is 25.3 Å². The SMILES string of the molecule is CCCOc1ccc([C@H]2NC(=O)NC(C)=C2C(=O)O[C@@H](C)C(C)(C)C)cc1OC. The number of benzene rings is 1. The molecule has 29 heavy (non-hydrogen) atoms. The van der Waals surface area contributed by atoms with Crippen LogP contribution in [0.5, 0.6) is 11.5 Å². The molecule has 1 aliphatic rings. The third-order valence-electron chi connectivity index (χ3n) is 4.98. The summed E-state index contributed by atoms with van der Waals surface area (Å²) in [6.45, 7) is 12.2. The average Bonchev–Trinajstić information content (AvgIpc) is 2.64. The van der Waals surface area contributed by atoms with E-state index in [2.05, 4.69) is 10.6 Å². The Morgan fingerprint density at radius 2 is 1.93 bits per heavy atom. The molecule has 0 unspecified atom stereocenters. The minimum atomic E-state index is -0.655. The lowest BCUT2D eigenvalue weighted by atomic mass is 9.90. The van der Waals surface area contributed by atoms with Gasteiger partial charge in [-0.3, -0.25) is 0 Å². The highest BCUT2D eigenvalue weighted by Gasteiger charge is 2.35. The van der Waals surface area contributed by atoms with Gasteiger partial charge >= 0.3 is 12.0 Å². The van der Waals surface area contributed by atoms with Gasteiger partial charge in [0.25, 0.3) is 0 Å². The zero-order chi connectivity index (χ0) is 21.8. The van der Waals surface area contributed by atoms with Crippen LogP contribution in [0.25, 0.3) is 0 Å². The number of rotatable bonds is 7. The maximum Gasteiger partial charge on any atom is 0.338 e. The first kappa shape index (κ1) is 22.6. The van der Waals surface area contributed by atoms with E-state index in [9.17, 15) is 9.59 Å². The minimum Gasteiger partial charge on any atom is -0.493 e. The molecule has 2 N–H and O–H groups in total. The lowest BCUT2D eigenvalue weighted by Gasteiger charge is -2.32. The molecule has 2 atom stereocenters. The summed E-state index contributed by atoms with van der Waals surface area (Å²) in [5.74, 6) is 0.689. The number of hydrogen-bond donors (Lipinski definition) is 2. The number of esters is 1. The van der Waals surface area contributed by atoms with Crippen LogP contribution >= 0.6 is 0 Å². The average molecular weight is 405 g/mol. The van der Waals surface area contributed by atoms with E-state index in [1.165, 1.54) is 0 Å². The molecular formula is C22H32N2O5. The van der Waals surface area contributed by atoms with E-state index in [-0.39, 0.29) is 17.6 Å². The van der Waals surface area contributed by atoms with Crippen LogP contribution in [0.1, 0.15) is 59.6 Å². The molecule has 1 aromatic rings. The fraction of sp³-hybridized carbons (Fsp3) is 0.545. The lowest BCUT2D eigenvalue weighted by Crippen LogP contribution is -2.46. The lowest BCUT2D eigenvalue weighted by molar-refractivity contribution is -0.149. The second kappa shape index (κ2) is 9.20. The number of nitrogens with one attached hydrogen (secondary N) is 2. The molecule has 1 aromatic carbocycles. The number of ether oxygens (including phenoxy) is 3. The highest BCUT2D eigenvalue weighted by atomic mass is 16.5. The van der Waals surface area contributed by atoms with Gasteiger partial charge in [-0.15, -0.1) is 0 Å². The molecular weight excluding hydrogens is 372 g/mol. The number of allylic oxidation sites excluding steroid dienone is 1. The van der Waals surface area contributed by atoms with Gasteiger partial charge in [0.1, 0.15) is 6.10 Å². The fourth-order valence-electron chi connectivity index (χ4n) is 2.81. The van der Waals surface area contributed by atoms with Gasteiger partial charge in [0.2, 0.25) is 0 Å². The fourth-order valence-corrected chi connectivity index (χ4v) is 2.81. The Labute approximate surface area is 172 Å². The molecule has 160 valence electrons. The van der Waals surface area contributed by atoms with Crippen LogP contribution in [0.2, 0.25) is 0 Å². The summed E-state index contributed by atoms with van der Waals surface area (Å²) in [4.78, 5) is 25.1. The molecule has 0 fully saturated rings. The topological polar surface area (TPSA) is 85.9 Å². The summed E-state index contributed by atoms with van der Waals surface area (Å²) in [7, 11) is 1.56. The van der Waals surface area contributed by atoms with Gasteiger partial charge in [-0.05, 0) is 43.4 Å². The van der Waals surface area contributed by atoms with Crippen molar-refractivity contribution < 1.29 is 23.8 Å². The second-order valence-corrected chi connectivity index (χ2v) is 8.24.